The largest absolute Gasteiger partial charge is 0.489 e. The summed E-state index contributed by atoms with van der Waals surface area (Å²) in [5, 5.41) is 0. The molecule has 0 heterocycles. The lowest BCUT2D eigenvalue weighted by atomic mass is 9.84. The zero-order chi connectivity index (χ0) is 27.8. The Morgan fingerprint density at radius 3 is 0.821 bits per heavy atom. The van der Waals surface area contributed by atoms with Crippen LogP contribution in [0.4, 0.5) is 13.2 Å². The van der Waals surface area contributed by atoms with Gasteiger partial charge in [-0.25, -0.2) is 13.2 Å². The Kier molecular flexibility index (Phi) is 9.53. The fourth-order valence-electron chi connectivity index (χ4n) is 4.95. The number of ether oxygens (including phenoxy) is 3. The second kappa shape index (κ2) is 13.2. The van der Waals surface area contributed by atoms with Gasteiger partial charge < -0.3 is 14.2 Å². The van der Waals surface area contributed by atoms with Crippen molar-refractivity contribution in [2.75, 3.05) is 0 Å². The molecule has 0 N–H and O–H groups in total. The van der Waals surface area contributed by atoms with E-state index in [1.165, 1.54) is 36.4 Å². The van der Waals surface area contributed by atoms with Gasteiger partial charge in [0, 0.05) is 0 Å². The normalized spacial score (nSPS) is 10.9. The Labute approximate surface area is 228 Å². The average molecular weight is 535 g/mol. The maximum absolute atomic E-state index is 13.4. The summed E-state index contributed by atoms with van der Waals surface area (Å²) in [6.45, 7) is 7.21. The van der Waals surface area contributed by atoms with Gasteiger partial charge in [-0.1, -0.05) is 20.8 Å². The van der Waals surface area contributed by atoms with Crippen LogP contribution >= 0.6 is 0 Å². The van der Waals surface area contributed by atoms with Gasteiger partial charge in [0.2, 0.25) is 0 Å². The lowest BCUT2D eigenvalue weighted by Gasteiger charge is -2.26. The number of benzene rings is 4. The monoisotopic (exact) mass is 534 g/mol. The van der Waals surface area contributed by atoms with Gasteiger partial charge in [0.05, 0.1) is 0 Å². The molecule has 3 nitrogen and oxygen atoms in total. The van der Waals surface area contributed by atoms with E-state index < -0.39 is 0 Å². The smallest absolute Gasteiger partial charge is 0.123 e. The fraction of sp³-hybridized carbons (Fsp3) is 0.273. The van der Waals surface area contributed by atoms with Gasteiger partial charge in [-0.3, -0.25) is 0 Å². The molecule has 4 aromatic rings. The van der Waals surface area contributed by atoms with E-state index in [1.807, 2.05) is 0 Å². The van der Waals surface area contributed by atoms with Crippen molar-refractivity contribution in [3.63, 3.8) is 0 Å². The van der Waals surface area contributed by atoms with Gasteiger partial charge >= 0.3 is 0 Å². The summed E-state index contributed by atoms with van der Waals surface area (Å²) in [6, 6.07) is 17.9. The van der Waals surface area contributed by atoms with Crippen LogP contribution in [0.3, 0.4) is 0 Å². The highest BCUT2D eigenvalue weighted by Crippen LogP contribution is 2.33. The minimum atomic E-state index is -0.321. The maximum atomic E-state index is 13.4. The molecule has 39 heavy (non-hydrogen) atoms. The van der Waals surface area contributed by atoms with E-state index in [0.29, 0.717) is 37.1 Å². The summed E-state index contributed by atoms with van der Waals surface area (Å²) in [4.78, 5) is 0. The van der Waals surface area contributed by atoms with E-state index in [4.69, 9.17) is 14.2 Å². The lowest BCUT2D eigenvalue weighted by molar-refractivity contribution is 0.287. The Morgan fingerprint density at radius 1 is 0.385 bits per heavy atom. The summed E-state index contributed by atoms with van der Waals surface area (Å²) in [5.41, 5.74) is 6.57. The summed E-state index contributed by atoms with van der Waals surface area (Å²) in [7, 11) is 0. The third-order valence-corrected chi connectivity index (χ3v) is 6.84. The van der Waals surface area contributed by atoms with Crippen molar-refractivity contribution in [1.29, 1.82) is 0 Å². The topological polar surface area (TPSA) is 27.7 Å². The van der Waals surface area contributed by atoms with E-state index in [2.05, 4.69) is 20.8 Å². The molecule has 0 aliphatic carbocycles. The van der Waals surface area contributed by atoms with Crippen molar-refractivity contribution >= 4 is 0 Å². The van der Waals surface area contributed by atoms with Crippen LogP contribution in [0.2, 0.25) is 0 Å². The van der Waals surface area contributed by atoms with Crippen molar-refractivity contribution in [3.8, 4) is 17.2 Å². The third-order valence-electron chi connectivity index (χ3n) is 6.84. The van der Waals surface area contributed by atoms with Crippen LogP contribution in [0.15, 0.2) is 72.8 Å². The molecule has 204 valence electrons. The van der Waals surface area contributed by atoms with Crippen LogP contribution in [-0.4, -0.2) is 0 Å². The Balaban J connectivity index is 1.76. The SMILES string of the molecule is CCc1c(COc2ccc(F)cc2)c(CC)c(COc2ccc(F)cc2)c(CC)c1COc1ccc(F)cc1. The first kappa shape index (κ1) is 28.1. The second-order valence-corrected chi connectivity index (χ2v) is 9.16. The summed E-state index contributed by atoms with van der Waals surface area (Å²) in [6.07, 6.45) is 2.26. The van der Waals surface area contributed by atoms with Crippen LogP contribution in [0.1, 0.15) is 54.2 Å². The third kappa shape index (κ3) is 6.94. The Bertz CT molecular complexity index is 1170. The summed E-state index contributed by atoms with van der Waals surface area (Å²) < 4.78 is 58.7. The van der Waals surface area contributed by atoms with Crippen molar-refractivity contribution < 1.29 is 27.4 Å². The number of halogens is 3. The predicted molar refractivity (Wildman–Crippen MR) is 147 cm³/mol. The van der Waals surface area contributed by atoms with Crippen LogP contribution in [0.5, 0.6) is 17.2 Å². The first-order chi connectivity index (χ1) is 18.9. The molecule has 4 rings (SSSR count). The number of rotatable bonds is 12. The van der Waals surface area contributed by atoms with Crippen LogP contribution in [0.25, 0.3) is 0 Å². The van der Waals surface area contributed by atoms with E-state index >= 15 is 0 Å². The molecule has 0 aromatic heterocycles. The van der Waals surface area contributed by atoms with E-state index in [0.717, 1.165) is 52.6 Å². The maximum Gasteiger partial charge on any atom is 0.123 e. The quantitative estimate of drug-likeness (QED) is 0.182. The standard InChI is InChI=1S/C33H33F3O3/c1-4-28-31(19-37-25-13-7-22(34)8-14-25)29(5-2)33(21-39-27-17-11-24(36)12-18-27)30(6-3)32(28)20-38-26-15-9-23(35)10-16-26/h7-18H,4-6,19-21H2,1-3H3. The summed E-state index contributed by atoms with van der Waals surface area (Å²) >= 11 is 0. The molecule has 0 amide bonds. The highest BCUT2D eigenvalue weighted by molar-refractivity contribution is 5.52. The van der Waals surface area contributed by atoms with Crippen molar-refractivity contribution in [3.05, 3.63) is 124 Å². The second-order valence-electron chi connectivity index (χ2n) is 9.16. The first-order valence-corrected chi connectivity index (χ1v) is 13.3. The molecule has 0 aliphatic rings. The number of hydrogen-bond acceptors (Lipinski definition) is 3. The van der Waals surface area contributed by atoms with Gasteiger partial charge in [-0.15, -0.1) is 0 Å². The molecule has 6 heteroatoms. The van der Waals surface area contributed by atoms with Crippen LogP contribution in [-0.2, 0) is 39.1 Å². The molecule has 4 aromatic carbocycles. The van der Waals surface area contributed by atoms with Gasteiger partial charge in [0.1, 0.15) is 54.5 Å². The highest BCUT2D eigenvalue weighted by atomic mass is 19.1. The molecule has 0 spiro atoms. The van der Waals surface area contributed by atoms with E-state index in [9.17, 15) is 13.2 Å². The lowest BCUT2D eigenvalue weighted by Crippen LogP contribution is -2.17. The van der Waals surface area contributed by atoms with E-state index in [1.54, 1.807) is 36.4 Å². The van der Waals surface area contributed by atoms with Crippen LogP contribution in [0, 0.1) is 17.5 Å². The molecule has 0 radical (unpaired) electrons. The van der Waals surface area contributed by atoms with E-state index in [-0.39, 0.29) is 17.5 Å². The van der Waals surface area contributed by atoms with Gasteiger partial charge in [0.15, 0.2) is 0 Å². The molecule has 0 unspecified atom stereocenters. The van der Waals surface area contributed by atoms with Gasteiger partial charge in [-0.05, 0) is 125 Å². The number of hydrogen-bond donors (Lipinski definition) is 0. The Hall–Kier alpha value is -3.93. The first-order valence-electron chi connectivity index (χ1n) is 13.3. The molecule has 0 atom stereocenters. The zero-order valence-electron chi connectivity index (χ0n) is 22.5. The van der Waals surface area contributed by atoms with Crippen molar-refractivity contribution in [1.82, 2.24) is 0 Å². The average Bonchev–Trinajstić information content (AvgIpc) is 2.95. The van der Waals surface area contributed by atoms with Gasteiger partial charge in [-0.2, -0.15) is 0 Å². The molecule has 0 fully saturated rings. The molecular formula is C33H33F3O3. The highest BCUT2D eigenvalue weighted by Gasteiger charge is 2.23. The van der Waals surface area contributed by atoms with Crippen LogP contribution < -0.4 is 14.2 Å². The molecule has 0 bridgehead atoms. The van der Waals surface area contributed by atoms with Crippen molar-refractivity contribution in [2.24, 2.45) is 0 Å². The molecule has 0 saturated heterocycles. The van der Waals surface area contributed by atoms with Gasteiger partial charge in [0.25, 0.3) is 0 Å². The fourth-order valence-corrected chi connectivity index (χ4v) is 4.95. The summed E-state index contributed by atoms with van der Waals surface area (Å²) in [5.74, 6) is 0.769. The molecular weight excluding hydrogens is 501 g/mol. The minimum Gasteiger partial charge on any atom is -0.489 e. The van der Waals surface area contributed by atoms with Crippen molar-refractivity contribution in [2.45, 2.75) is 59.9 Å². The predicted octanol–water partition coefficient (Wildman–Crippen LogP) is 8.53. The molecule has 0 aliphatic heterocycles. The minimum absolute atomic E-state index is 0.301. The Morgan fingerprint density at radius 2 is 0.615 bits per heavy atom. The zero-order valence-corrected chi connectivity index (χ0v) is 22.5. The molecule has 0 saturated carbocycles.